The summed E-state index contributed by atoms with van der Waals surface area (Å²) in [7, 11) is 0. The van der Waals surface area contributed by atoms with Crippen LogP contribution in [-0.2, 0) is 4.74 Å². The highest BCUT2D eigenvalue weighted by atomic mass is 127. The molecule has 0 saturated carbocycles. The minimum Gasteiger partial charge on any atom is -0.356 e. The molecule has 2 nitrogen and oxygen atoms in total. The molecule has 0 radical (unpaired) electrons. The average Bonchev–Trinajstić information content (AvgIpc) is 1.96. The molecule has 0 aliphatic carbocycles. The zero-order chi connectivity index (χ0) is 10.5. The summed E-state index contributed by atoms with van der Waals surface area (Å²) in [5.41, 5.74) is 1.09. The van der Waals surface area contributed by atoms with Gasteiger partial charge in [-0.05, 0) is 56.7 Å². The third-order valence-corrected chi connectivity index (χ3v) is 1.88. The number of halogens is 1. The minimum atomic E-state index is -0.111. The van der Waals surface area contributed by atoms with E-state index in [1.807, 2.05) is 6.92 Å². The first kappa shape index (κ1) is 13.4. The van der Waals surface area contributed by atoms with Gasteiger partial charge in [0.1, 0.15) is 3.61 Å². The van der Waals surface area contributed by atoms with Gasteiger partial charge in [0.25, 0.3) is 0 Å². The Balaban J connectivity index is 4.03. The van der Waals surface area contributed by atoms with Gasteiger partial charge < -0.3 is 4.74 Å². The Morgan fingerprint density at radius 3 is 2.46 bits per heavy atom. The van der Waals surface area contributed by atoms with Gasteiger partial charge in [0.15, 0.2) is 0 Å². The number of aliphatic imine (C=N–C) groups is 1. The topological polar surface area (TPSA) is 21.6 Å². The molecule has 0 amide bonds. The van der Waals surface area contributed by atoms with Gasteiger partial charge in [-0.25, -0.2) is 0 Å². The summed E-state index contributed by atoms with van der Waals surface area (Å²) in [5.74, 6) is 0. The minimum absolute atomic E-state index is 0.111. The van der Waals surface area contributed by atoms with Gasteiger partial charge in [-0.2, -0.15) is 0 Å². The molecule has 0 spiro atoms. The second-order valence-electron chi connectivity index (χ2n) is 3.65. The summed E-state index contributed by atoms with van der Waals surface area (Å²) in [4.78, 5) is 4.42. The zero-order valence-corrected chi connectivity index (χ0v) is 11.4. The first-order valence-corrected chi connectivity index (χ1v) is 5.82. The van der Waals surface area contributed by atoms with E-state index in [-0.39, 0.29) is 9.71 Å². The van der Waals surface area contributed by atoms with Crippen LogP contribution in [0.3, 0.4) is 0 Å². The predicted molar refractivity (Wildman–Crippen MR) is 66.9 cm³/mol. The Bertz CT molecular complexity index is 172. The van der Waals surface area contributed by atoms with Crippen LogP contribution >= 0.6 is 22.6 Å². The molecule has 0 aromatic carbocycles. The number of hydrogen-bond donors (Lipinski definition) is 0. The van der Waals surface area contributed by atoms with Crippen molar-refractivity contribution in [1.29, 1.82) is 0 Å². The van der Waals surface area contributed by atoms with Crippen molar-refractivity contribution in [3.05, 3.63) is 0 Å². The lowest BCUT2D eigenvalue weighted by Gasteiger charge is -2.23. The van der Waals surface area contributed by atoms with Gasteiger partial charge in [0.2, 0.25) is 0 Å². The summed E-state index contributed by atoms with van der Waals surface area (Å²) in [5, 5.41) is 0. The van der Waals surface area contributed by atoms with E-state index in [1.54, 1.807) is 0 Å². The van der Waals surface area contributed by atoms with Crippen molar-refractivity contribution in [1.82, 2.24) is 0 Å². The Labute approximate surface area is 95.3 Å². The molecule has 13 heavy (non-hydrogen) atoms. The first-order chi connectivity index (χ1) is 5.87. The molecule has 78 valence electrons. The lowest BCUT2D eigenvalue weighted by molar-refractivity contribution is 0.0437. The van der Waals surface area contributed by atoms with Crippen molar-refractivity contribution in [2.45, 2.75) is 50.8 Å². The standard InChI is InChI=1S/C10H20INO/c1-6-7-12-8(2)9(3)13-10(4,5)11/h9H,6-7H2,1-5H3/b12-8+. The summed E-state index contributed by atoms with van der Waals surface area (Å²) < 4.78 is 5.64. The Hall–Kier alpha value is 0.360. The quantitative estimate of drug-likeness (QED) is 0.433. The third-order valence-electron chi connectivity index (χ3n) is 1.63. The third kappa shape index (κ3) is 7.43. The summed E-state index contributed by atoms with van der Waals surface area (Å²) in [6, 6.07) is 0. The molecule has 0 fully saturated rings. The van der Waals surface area contributed by atoms with Crippen LogP contribution in [0.15, 0.2) is 4.99 Å². The highest BCUT2D eigenvalue weighted by Gasteiger charge is 2.18. The summed E-state index contributed by atoms with van der Waals surface area (Å²) in [6.07, 6.45) is 1.22. The maximum atomic E-state index is 5.75. The Kier molecular flexibility index (Phi) is 6.12. The van der Waals surface area contributed by atoms with Crippen LogP contribution in [-0.4, -0.2) is 22.0 Å². The van der Waals surface area contributed by atoms with E-state index < -0.39 is 0 Å². The van der Waals surface area contributed by atoms with Gasteiger partial charge in [-0.3, -0.25) is 4.99 Å². The van der Waals surface area contributed by atoms with Crippen molar-refractivity contribution in [2.24, 2.45) is 4.99 Å². The molecule has 0 N–H and O–H groups in total. The summed E-state index contributed by atoms with van der Waals surface area (Å²) in [6.45, 7) is 11.2. The van der Waals surface area contributed by atoms with Crippen molar-refractivity contribution >= 4 is 28.3 Å². The van der Waals surface area contributed by atoms with Crippen LogP contribution in [0.4, 0.5) is 0 Å². The number of nitrogens with zero attached hydrogens (tertiary/aromatic N) is 1. The maximum Gasteiger partial charge on any atom is 0.114 e. The van der Waals surface area contributed by atoms with E-state index in [2.05, 4.69) is 55.3 Å². The fraction of sp³-hybridized carbons (Fsp3) is 0.900. The number of hydrogen-bond acceptors (Lipinski definition) is 2. The van der Waals surface area contributed by atoms with Gasteiger partial charge in [-0.15, -0.1) is 0 Å². The number of alkyl halides is 1. The number of rotatable bonds is 5. The monoisotopic (exact) mass is 297 g/mol. The SMILES string of the molecule is CCC/N=C(\C)C(C)OC(C)(C)I. The lowest BCUT2D eigenvalue weighted by Crippen LogP contribution is -2.27. The molecular formula is C10H20INO. The highest BCUT2D eigenvalue weighted by molar-refractivity contribution is 14.1. The molecular weight excluding hydrogens is 277 g/mol. The van der Waals surface area contributed by atoms with E-state index >= 15 is 0 Å². The fourth-order valence-electron chi connectivity index (χ4n) is 0.922. The molecule has 1 atom stereocenters. The molecule has 1 unspecified atom stereocenters. The second kappa shape index (κ2) is 5.96. The molecule has 3 heteroatoms. The van der Waals surface area contributed by atoms with E-state index in [4.69, 9.17) is 4.74 Å². The molecule has 0 aromatic heterocycles. The first-order valence-electron chi connectivity index (χ1n) is 4.74. The molecule has 0 aliphatic rings. The maximum absolute atomic E-state index is 5.75. The molecule has 0 rings (SSSR count). The lowest BCUT2D eigenvalue weighted by atomic mass is 10.2. The highest BCUT2D eigenvalue weighted by Crippen LogP contribution is 2.20. The average molecular weight is 297 g/mol. The van der Waals surface area contributed by atoms with Gasteiger partial charge in [-0.1, -0.05) is 6.92 Å². The van der Waals surface area contributed by atoms with E-state index in [1.165, 1.54) is 0 Å². The smallest absolute Gasteiger partial charge is 0.114 e. The predicted octanol–water partition coefficient (Wildman–Crippen LogP) is 3.43. The van der Waals surface area contributed by atoms with E-state index in [9.17, 15) is 0 Å². The Morgan fingerprint density at radius 2 is 2.08 bits per heavy atom. The largest absolute Gasteiger partial charge is 0.356 e. The van der Waals surface area contributed by atoms with Crippen molar-refractivity contribution in [3.8, 4) is 0 Å². The van der Waals surface area contributed by atoms with Gasteiger partial charge in [0, 0.05) is 12.3 Å². The van der Waals surface area contributed by atoms with Crippen LogP contribution in [0.5, 0.6) is 0 Å². The van der Waals surface area contributed by atoms with Crippen LogP contribution in [0.25, 0.3) is 0 Å². The van der Waals surface area contributed by atoms with Gasteiger partial charge >= 0.3 is 0 Å². The Morgan fingerprint density at radius 1 is 1.54 bits per heavy atom. The van der Waals surface area contributed by atoms with Crippen molar-refractivity contribution in [3.63, 3.8) is 0 Å². The molecule has 0 bridgehead atoms. The van der Waals surface area contributed by atoms with Gasteiger partial charge in [0.05, 0.1) is 6.10 Å². The van der Waals surface area contributed by atoms with E-state index in [0.717, 1.165) is 18.7 Å². The molecule has 0 aromatic rings. The normalized spacial score (nSPS) is 16.0. The zero-order valence-electron chi connectivity index (χ0n) is 9.22. The van der Waals surface area contributed by atoms with Crippen molar-refractivity contribution < 1.29 is 4.74 Å². The van der Waals surface area contributed by atoms with Crippen LogP contribution < -0.4 is 0 Å². The molecule has 0 saturated heterocycles. The molecule has 0 heterocycles. The number of ether oxygens (including phenoxy) is 1. The van der Waals surface area contributed by atoms with Crippen LogP contribution in [0, 0.1) is 0 Å². The van der Waals surface area contributed by atoms with Crippen LogP contribution in [0.1, 0.15) is 41.0 Å². The van der Waals surface area contributed by atoms with Crippen LogP contribution in [0.2, 0.25) is 0 Å². The van der Waals surface area contributed by atoms with E-state index in [0.29, 0.717) is 0 Å². The fourth-order valence-corrected chi connectivity index (χ4v) is 1.30. The second-order valence-corrected chi connectivity index (χ2v) is 6.24. The van der Waals surface area contributed by atoms with Crippen molar-refractivity contribution in [2.75, 3.05) is 6.54 Å². The summed E-state index contributed by atoms with van der Waals surface area (Å²) >= 11 is 2.29. The molecule has 0 aliphatic heterocycles.